The highest BCUT2D eigenvalue weighted by Gasteiger charge is 2.70. The normalized spacial score (nSPS) is 47.9. The highest BCUT2D eigenvalue weighted by Crippen LogP contribution is 2.68. The number of aliphatic imine (C=N–C) groups is 1. The van der Waals surface area contributed by atoms with Gasteiger partial charge in [0.2, 0.25) is 0 Å². The molecular weight excluding hydrogens is 194 g/mol. The van der Waals surface area contributed by atoms with Crippen molar-refractivity contribution < 1.29 is 0 Å². The van der Waals surface area contributed by atoms with Gasteiger partial charge in [0, 0.05) is 17.0 Å². The minimum Gasteiger partial charge on any atom is -0.286 e. The third-order valence-corrected chi connectivity index (χ3v) is 5.23. The second-order valence-corrected chi connectivity index (χ2v) is 5.71. The van der Waals surface area contributed by atoms with Gasteiger partial charge in [-0.2, -0.15) is 0 Å². The van der Waals surface area contributed by atoms with E-state index in [-0.39, 0.29) is 11.0 Å². The van der Waals surface area contributed by atoms with Crippen molar-refractivity contribution in [1.82, 2.24) is 0 Å². The van der Waals surface area contributed by atoms with Crippen LogP contribution in [0.25, 0.3) is 0 Å². The van der Waals surface area contributed by atoms with Crippen LogP contribution < -0.4 is 0 Å². The first-order chi connectivity index (χ1) is 7.41. The first-order valence-corrected chi connectivity index (χ1v) is 6.32. The van der Waals surface area contributed by atoms with Crippen LogP contribution in [0.5, 0.6) is 0 Å². The summed E-state index contributed by atoms with van der Waals surface area (Å²) in [4.78, 5) is 5.00. The maximum absolute atomic E-state index is 5.00. The van der Waals surface area contributed by atoms with E-state index in [1.807, 2.05) is 6.08 Å². The average Bonchev–Trinajstić information content (AvgIpc) is 3.11. The van der Waals surface area contributed by atoms with Gasteiger partial charge in [0.15, 0.2) is 0 Å². The zero-order valence-corrected chi connectivity index (χ0v) is 11.0. The minimum atomic E-state index is 0.0670. The lowest BCUT2D eigenvalue weighted by molar-refractivity contribution is 0.563. The summed E-state index contributed by atoms with van der Waals surface area (Å²) in [5.41, 5.74) is 2.76. The van der Waals surface area contributed by atoms with Crippen molar-refractivity contribution >= 4 is 5.71 Å². The molecule has 0 bridgehead atoms. The molecule has 0 aliphatic heterocycles. The molecule has 0 aromatic heterocycles. The highest BCUT2D eigenvalue weighted by atomic mass is 15.0. The molecule has 0 saturated heterocycles. The van der Waals surface area contributed by atoms with E-state index in [1.165, 1.54) is 18.6 Å². The molecule has 0 aromatic rings. The highest BCUT2D eigenvalue weighted by molar-refractivity contribution is 6.01. The number of nitrogens with zero attached hydrogens (tertiary/aromatic N) is 1. The van der Waals surface area contributed by atoms with E-state index in [2.05, 4.69) is 40.9 Å². The summed E-state index contributed by atoms with van der Waals surface area (Å²) in [5.74, 6) is 1.35. The predicted molar refractivity (Wildman–Crippen MR) is 70.8 cm³/mol. The lowest BCUT2D eigenvalue weighted by atomic mass is 9.93. The fourth-order valence-electron chi connectivity index (χ4n) is 3.07. The molecule has 0 amide bonds. The summed E-state index contributed by atoms with van der Waals surface area (Å²) in [6, 6.07) is 0. The van der Waals surface area contributed by atoms with Gasteiger partial charge in [0.05, 0.1) is 5.54 Å². The summed E-state index contributed by atoms with van der Waals surface area (Å²) in [7, 11) is 0. The minimum absolute atomic E-state index is 0.0670. The van der Waals surface area contributed by atoms with E-state index < -0.39 is 0 Å². The van der Waals surface area contributed by atoms with Crippen LogP contribution >= 0.6 is 0 Å². The zero-order valence-electron chi connectivity index (χ0n) is 11.0. The Labute approximate surface area is 99.4 Å². The fourth-order valence-corrected chi connectivity index (χ4v) is 3.07. The van der Waals surface area contributed by atoms with Crippen molar-refractivity contribution in [1.29, 1.82) is 0 Å². The van der Waals surface area contributed by atoms with Crippen molar-refractivity contribution in [2.75, 3.05) is 0 Å². The van der Waals surface area contributed by atoms with E-state index >= 15 is 0 Å². The molecule has 0 aromatic carbocycles. The van der Waals surface area contributed by atoms with Crippen LogP contribution in [0.3, 0.4) is 0 Å². The second-order valence-electron chi connectivity index (χ2n) is 5.71. The Morgan fingerprint density at radius 2 is 2.19 bits per heavy atom. The SMILES string of the molecule is C=CC(=C)C1(C)C(C)C1(C)N=C1C[C@H]1CC. The average molecular weight is 217 g/mol. The van der Waals surface area contributed by atoms with Gasteiger partial charge >= 0.3 is 0 Å². The van der Waals surface area contributed by atoms with Crippen molar-refractivity contribution in [3.05, 3.63) is 24.8 Å². The molecule has 88 valence electrons. The lowest BCUT2D eigenvalue weighted by Gasteiger charge is -2.15. The molecule has 1 heteroatoms. The Kier molecular flexibility index (Phi) is 2.41. The Hall–Kier alpha value is -0.850. The van der Waals surface area contributed by atoms with Crippen LogP contribution in [0.4, 0.5) is 0 Å². The molecule has 0 radical (unpaired) electrons. The quantitative estimate of drug-likeness (QED) is 0.631. The molecular formula is C15H23N. The van der Waals surface area contributed by atoms with Crippen molar-refractivity contribution in [3.8, 4) is 0 Å². The van der Waals surface area contributed by atoms with Gasteiger partial charge in [-0.05, 0) is 31.3 Å². The third-order valence-electron chi connectivity index (χ3n) is 5.23. The van der Waals surface area contributed by atoms with E-state index in [0.717, 1.165) is 11.5 Å². The van der Waals surface area contributed by atoms with Gasteiger partial charge in [-0.1, -0.05) is 40.0 Å². The molecule has 2 aliphatic carbocycles. The van der Waals surface area contributed by atoms with Crippen LogP contribution in [0.2, 0.25) is 0 Å². The van der Waals surface area contributed by atoms with Gasteiger partial charge in [-0.15, -0.1) is 0 Å². The summed E-state index contributed by atoms with van der Waals surface area (Å²) in [6.07, 6.45) is 4.35. The van der Waals surface area contributed by atoms with E-state index in [0.29, 0.717) is 5.92 Å². The number of hydrogen-bond donors (Lipinski definition) is 0. The van der Waals surface area contributed by atoms with E-state index in [1.54, 1.807) is 0 Å². The molecule has 0 spiro atoms. The summed E-state index contributed by atoms with van der Waals surface area (Å²) >= 11 is 0. The Balaban J connectivity index is 2.20. The van der Waals surface area contributed by atoms with Gasteiger partial charge in [0.25, 0.3) is 0 Å². The van der Waals surface area contributed by atoms with Gasteiger partial charge in [-0.3, -0.25) is 4.99 Å². The van der Waals surface area contributed by atoms with E-state index in [4.69, 9.17) is 4.99 Å². The van der Waals surface area contributed by atoms with Crippen LogP contribution in [0.15, 0.2) is 29.8 Å². The predicted octanol–water partition coefficient (Wildman–Crippen LogP) is 4.01. The number of allylic oxidation sites excluding steroid dienone is 1. The number of rotatable bonds is 4. The molecule has 0 heterocycles. The molecule has 16 heavy (non-hydrogen) atoms. The van der Waals surface area contributed by atoms with Crippen molar-refractivity contribution in [2.45, 2.75) is 46.1 Å². The first-order valence-electron chi connectivity index (χ1n) is 6.32. The van der Waals surface area contributed by atoms with Crippen LogP contribution in [0, 0.1) is 17.3 Å². The lowest BCUT2D eigenvalue weighted by Crippen LogP contribution is -2.13. The summed E-state index contributed by atoms with van der Waals surface area (Å²) in [5, 5.41) is 0. The Morgan fingerprint density at radius 3 is 2.62 bits per heavy atom. The standard InChI is InChI=1S/C15H23N/c1-7-10(3)14(5)11(4)15(14,6)16-13-9-12(13)8-2/h7,11-12H,1,3,8-9H2,2,4-6H3/t11?,12-,14?,15?/m1/s1. The molecule has 2 saturated carbocycles. The van der Waals surface area contributed by atoms with Crippen LogP contribution in [-0.4, -0.2) is 11.3 Å². The summed E-state index contributed by atoms with van der Waals surface area (Å²) < 4.78 is 0. The van der Waals surface area contributed by atoms with Crippen molar-refractivity contribution in [3.63, 3.8) is 0 Å². The molecule has 0 N–H and O–H groups in total. The van der Waals surface area contributed by atoms with Crippen molar-refractivity contribution in [2.24, 2.45) is 22.2 Å². The monoisotopic (exact) mass is 217 g/mol. The number of hydrogen-bond acceptors (Lipinski definition) is 1. The van der Waals surface area contributed by atoms with E-state index in [9.17, 15) is 0 Å². The second kappa shape index (κ2) is 3.32. The smallest absolute Gasteiger partial charge is 0.0711 e. The third kappa shape index (κ3) is 1.27. The van der Waals surface area contributed by atoms with Crippen LogP contribution in [0.1, 0.15) is 40.5 Å². The van der Waals surface area contributed by atoms with Gasteiger partial charge < -0.3 is 0 Å². The molecule has 2 fully saturated rings. The molecule has 4 atom stereocenters. The molecule has 2 aliphatic rings. The molecule has 2 rings (SSSR count). The maximum Gasteiger partial charge on any atom is 0.0711 e. The molecule has 1 nitrogen and oxygen atoms in total. The first kappa shape index (κ1) is 11.6. The topological polar surface area (TPSA) is 12.4 Å². The largest absolute Gasteiger partial charge is 0.286 e. The fraction of sp³-hybridized carbons (Fsp3) is 0.667. The maximum atomic E-state index is 5.00. The molecule has 3 unspecified atom stereocenters. The summed E-state index contributed by atoms with van der Waals surface area (Å²) in [6.45, 7) is 17.0. The van der Waals surface area contributed by atoms with Gasteiger partial charge in [0.1, 0.15) is 0 Å². The zero-order chi connectivity index (χ0) is 12.1. The van der Waals surface area contributed by atoms with Gasteiger partial charge in [-0.25, -0.2) is 0 Å². The Bertz CT molecular complexity index is 379. The Morgan fingerprint density at radius 1 is 1.56 bits per heavy atom. The van der Waals surface area contributed by atoms with Crippen LogP contribution in [-0.2, 0) is 0 Å².